The molecule has 1 atom stereocenters. The molecule has 1 aromatic heterocycles. The van der Waals surface area contributed by atoms with Crippen LogP contribution in [0.5, 0.6) is 0 Å². The highest BCUT2D eigenvalue weighted by Crippen LogP contribution is 2.22. The maximum atomic E-state index is 5.00. The minimum Gasteiger partial charge on any atom is -0.340 e. The molecule has 1 N–H and O–H groups in total. The number of piperazine rings is 1. The number of rotatable bonds is 2. The largest absolute Gasteiger partial charge is 0.340 e. The van der Waals surface area contributed by atoms with E-state index >= 15 is 0 Å². The van der Waals surface area contributed by atoms with E-state index in [9.17, 15) is 0 Å². The molecule has 1 aliphatic rings. The van der Waals surface area contributed by atoms with Crippen molar-refractivity contribution in [1.82, 2.24) is 20.4 Å². The van der Waals surface area contributed by atoms with Gasteiger partial charge in [-0.15, -0.1) is 0 Å². The highest BCUT2D eigenvalue weighted by Gasteiger charge is 2.29. The molecule has 0 amide bonds. The van der Waals surface area contributed by atoms with Crippen LogP contribution in [0.3, 0.4) is 0 Å². The Labute approximate surface area is 103 Å². The third kappa shape index (κ3) is 3.26. The number of aromatic nitrogens is 2. The maximum Gasteiger partial charge on any atom is 0.223 e. The SMILES string of the molecule is Cc1nc(CN2CCNC(C(C)(C)C)C2)no1. The summed E-state index contributed by atoms with van der Waals surface area (Å²) < 4.78 is 5.00. The molecule has 1 aliphatic heterocycles. The van der Waals surface area contributed by atoms with Crippen molar-refractivity contribution in [1.29, 1.82) is 0 Å². The summed E-state index contributed by atoms with van der Waals surface area (Å²) in [5, 5.41) is 7.52. The van der Waals surface area contributed by atoms with Crippen LogP contribution < -0.4 is 5.32 Å². The number of hydrogen-bond acceptors (Lipinski definition) is 5. The molecule has 1 saturated heterocycles. The van der Waals surface area contributed by atoms with Crippen molar-refractivity contribution < 1.29 is 4.52 Å². The molecular formula is C12H22N4O. The minimum absolute atomic E-state index is 0.284. The molecule has 0 saturated carbocycles. The lowest BCUT2D eigenvalue weighted by Crippen LogP contribution is -2.55. The summed E-state index contributed by atoms with van der Waals surface area (Å²) in [6, 6.07) is 0.518. The molecule has 96 valence electrons. The van der Waals surface area contributed by atoms with E-state index in [0.717, 1.165) is 32.0 Å². The lowest BCUT2D eigenvalue weighted by molar-refractivity contribution is 0.126. The Hall–Kier alpha value is -0.940. The van der Waals surface area contributed by atoms with E-state index in [0.29, 0.717) is 11.9 Å². The summed E-state index contributed by atoms with van der Waals surface area (Å²) in [5.41, 5.74) is 0.284. The summed E-state index contributed by atoms with van der Waals surface area (Å²) in [6.45, 7) is 12.5. The van der Waals surface area contributed by atoms with Crippen LogP contribution in [0.15, 0.2) is 4.52 Å². The first-order valence-electron chi connectivity index (χ1n) is 6.20. The van der Waals surface area contributed by atoms with Crippen molar-refractivity contribution >= 4 is 0 Å². The van der Waals surface area contributed by atoms with E-state index in [1.807, 2.05) is 6.92 Å². The highest BCUT2D eigenvalue weighted by atomic mass is 16.5. The molecule has 2 rings (SSSR count). The predicted molar refractivity (Wildman–Crippen MR) is 65.6 cm³/mol. The smallest absolute Gasteiger partial charge is 0.223 e. The van der Waals surface area contributed by atoms with Crippen molar-refractivity contribution in [2.24, 2.45) is 5.41 Å². The zero-order chi connectivity index (χ0) is 12.5. The molecule has 0 aromatic carbocycles. The molecule has 1 aromatic rings. The van der Waals surface area contributed by atoms with Gasteiger partial charge in [0.2, 0.25) is 5.89 Å². The van der Waals surface area contributed by atoms with Gasteiger partial charge in [0, 0.05) is 32.6 Å². The molecular weight excluding hydrogens is 216 g/mol. The quantitative estimate of drug-likeness (QED) is 0.839. The molecule has 0 spiro atoms. The molecule has 0 bridgehead atoms. The van der Waals surface area contributed by atoms with Crippen LogP contribution in [0, 0.1) is 12.3 Å². The third-order valence-corrected chi connectivity index (χ3v) is 3.24. The van der Waals surface area contributed by atoms with Crippen LogP contribution in [-0.4, -0.2) is 40.7 Å². The maximum absolute atomic E-state index is 5.00. The Balaban J connectivity index is 1.94. The molecule has 0 radical (unpaired) electrons. The van der Waals surface area contributed by atoms with E-state index in [4.69, 9.17) is 4.52 Å². The lowest BCUT2D eigenvalue weighted by atomic mass is 9.85. The van der Waals surface area contributed by atoms with Gasteiger partial charge in [-0.05, 0) is 5.41 Å². The van der Waals surface area contributed by atoms with Crippen molar-refractivity contribution in [2.75, 3.05) is 19.6 Å². The summed E-state index contributed by atoms with van der Waals surface area (Å²) in [4.78, 5) is 6.64. The normalized spacial score (nSPS) is 22.9. The topological polar surface area (TPSA) is 54.2 Å². The van der Waals surface area contributed by atoms with Gasteiger partial charge in [0.25, 0.3) is 0 Å². The zero-order valence-corrected chi connectivity index (χ0v) is 11.2. The highest BCUT2D eigenvalue weighted by molar-refractivity contribution is 4.90. The van der Waals surface area contributed by atoms with Crippen LogP contribution >= 0.6 is 0 Å². The summed E-state index contributed by atoms with van der Waals surface area (Å²) in [5.74, 6) is 1.43. The van der Waals surface area contributed by atoms with Gasteiger partial charge in [-0.3, -0.25) is 4.90 Å². The average Bonchev–Trinajstić information content (AvgIpc) is 2.63. The lowest BCUT2D eigenvalue weighted by Gasteiger charge is -2.40. The van der Waals surface area contributed by atoms with Gasteiger partial charge in [0.05, 0.1) is 6.54 Å². The molecule has 0 aliphatic carbocycles. The van der Waals surface area contributed by atoms with E-state index in [2.05, 4.69) is 41.1 Å². The first-order chi connectivity index (χ1) is 7.95. The Morgan fingerprint density at radius 1 is 1.47 bits per heavy atom. The van der Waals surface area contributed by atoms with E-state index < -0.39 is 0 Å². The fourth-order valence-corrected chi connectivity index (χ4v) is 2.14. The average molecular weight is 238 g/mol. The number of nitrogens with zero attached hydrogens (tertiary/aromatic N) is 3. The molecule has 1 unspecified atom stereocenters. The van der Waals surface area contributed by atoms with Crippen LogP contribution in [-0.2, 0) is 6.54 Å². The van der Waals surface area contributed by atoms with Crippen molar-refractivity contribution in [3.05, 3.63) is 11.7 Å². The molecule has 17 heavy (non-hydrogen) atoms. The first-order valence-corrected chi connectivity index (χ1v) is 6.20. The van der Waals surface area contributed by atoms with E-state index in [1.54, 1.807) is 0 Å². The third-order valence-electron chi connectivity index (χ3n) is 3.24. The van der Waals surface area contributed by atoms with Gasteiger partial charge in [0.15, 0.2) is 5.82 Å². The molecule has 1 fully saturated rings. The Kier molecular flexibility index (Phi) is 3.49. The van der Waals surface area contributed by atoms with Crippen molar-refractivity contribution in [3.63, 3.8) is 0 Å². The van der Waals surface area contributed by atoms with Crippen LogP contribution in [0.4, 0.5) is 0 Å². The van der Waals surface area contributed by atoms with Crippen LogP contribution in [0.25, 0.3) is 0 Å². The summed E-state index contributed by atoms with van der Waals surface area (Å²) in [6.07, 6.45) is 0. The van der Waals surface area contributed by atoms with Gasteiger partial charge in [-0.1, -0.05) is 25.9 Å². The van der Waals surface area contributed by atoms with Crippen molar-refractivity contribution in [2.45, 2.75) is 40.3 Å². The van der Waals surface area contributed by atoms with E-state index in [-0.39, 0.29) is 5.41 Å². The number of nitrogens with one attached hydrogen (secondary N) is 1. The molecule has 2 heterocycles. The molecule has 5 nitrogen and oxygen atoms in total. The fraction of sp³-hybridized carbons (Fsp3) is 0.833. The second-order valence-corrected chi connectivity index (χ2v) is 5.84. The Morgan fingerprint density at radius 3 is 2.82 bits per heavy atom. The number of hydrogen-bond donors (Lipinski definition) is 1. The first kappa shape index (κ1) is 12.5. The summed E-state index contributed by atoms with van der Waals surface area (Å²) in [7, 11) is 0. The second-order valence-electron chi connectivity index (χ2n) is 5.84. The molecule has 5 heteroatoms. The summed E-state index contributed by atoms with van der Waals surface area (Å²) >= 11 is 0. The van der Waals surface area contributed by atoms with Gasteiger partial charge >= 0.3 is 0 Å². The predicted octanol–water partition coefficient (Wildman–Crippen LogP) is 1.20. The van der Waals surface area contributed by atoms with Gasteiger partial charge < -0.3 is 9.84 Å². The van der Waals surface area contributed by atoms with Crippen LogP contribution in [0.1, 0.15) is 32.5 Å². The number of aryl methyl sites for hydroxylation is 1. The second kappa shape index (κ2) is 4.74. The van der Waals surface area contributed by atoms with Gasteiger partial charge in [-0.2, -0.15) is 4.98 Å². The van der Waals surface area contributed by atoms with Gasteiger partial charge in [-0.25, -0.2) is 0 Å². The standard InChI is InChI=1S/C12H22N4O/c1-9-14-11(15-17-9)8-16-6-5-13-10(7-16)12(2,3)4/h10,13H,5-8H2,1-4H3. The van der Waals surface area contributed by atoms with Gasteiger partial charge in [0.1, 0.15) is 0 Å². The Morgan fingerprint density at radius 2 is 2.24 bits per heavy atom. The zero-order valence-electron chi connectivity index (χ0n) is 11.2. The van der Waals surface area contributed by atoms with Crippen molar-refractivity contribution in [3.8, 4) is 0 Å². The minimum atomic E-state index is 0.284. The Bertz CT molecular complexity index is 369. The monoisotopic (exact) mass is 238 g/mol. The van der Waals surface area contributed by atoms with Crippen LogP contribution in [0.2, 0.25) is 0 Å². The van der Waals surface area contributed by atoms with E-state index in [1.165, 1.54) is 0 Å². The fourth-order valence-electron chi connectivity index (χ4n) is 2.14.